The van der Waals surface area contributed by atoms with Gasteiger partial charge in [-0.3, -0.25) is 10.1 Å². The Kier molecular flexibility index (Phi) is 5.34. The maximum atomic E-state index is 12.6. The van der Waals surface area contributed by atoms with Crippen molar-refractivity contribution >= 4 is 27.4 Å². The normalized spacial score (nSPS) is 17.6. The Balaban J connectivity index is 1.46. The van der Waals surface area contributed by atoms with Crippen LogP contribution in [-0.2, 0) is 10.0 Å². The number of piperidine rings is 1. The quantitative estimate of drug-likeness (QED) is 0.665. The van der Waals surface area contributed by atoms with Crippen molar-refractivity contribution < 1.29 is 8.42 Å². The van der Waals surface area contributed by atoms with Crippen LogP contribution in [0.1, 0.15) is 12.8 Å². The first kappa shape index (κ1) is 18.9. The molecular formula is C19H20ClN5O2S. The van der Waals surface area contributed by atoms with Gasteiger partial charge in [-0.1, -0.05) is 11.6 Å². The van der Waals surface area contributed by atoms with E-state index in [0.717, 1.165) is 36.5 Å². The number of benzene rings is 1. The largest absolute Gasteiger partial charge is 0.354 e. The number of anilines is 1. The Bertz CT molecular complexity index is 1040. The third-order valence-electron chi connectivity index (χ3n) is 4.75. The first-order valence-corrected chi connectivity index (χ1v) is 10.9. The minimum atomic E-state index is -3.59. The molecule has 0 saturated carbocycles. The van der Waals surface area contributed by atoms with E-state index in [4.69, 9.17) is 11.6 Å². The first-order chi connectivity index (χ1) is 13.5. The summed E-state index contributed by atoms with van der Waals surface area (Å²) in [4.78, 5) is 6.34. The van der Waals surface area contributed by atoms with Gasteiger partial charge in [0.2, 0.25) is 10.0 Å². The number of pyridine rings is 1. The third kappa shape index (κ3) is 4.19. The van der Waals surface area contributed by atoms with E-state index in [1.807, 2.05) is 18.2 Å². The number of sulfonamides is 1. The van der Waals surface area contributed by atoms with E-state index in [9.17, 15) is 8.42 Å². The number of aromatic amines is 1. The second kappa shape index (κ2) is 7.90. The maximum absolute atomic E-state index is 12.6. The molecule has 0 spiro atoms. The van der Waals surface area contributed by atoms with Crippen LogP contribution < -0.4 is 9.62 Å². The molecule has 1 atom stereocenters. The number of halogens is 1. The zero-order valence-corrected chi connectivity index (χ0v) is 16.6. The number of H-pyrrole nitrogens is 1. The van der Waals surface area contributed by atoms with E-state index < -0.39 is 10.0 Å². The lowest BCUT2D eigenvalue weighted by atomic mass is 10.1. The van der Waals surface area contributed by atoms with Crippen molar-refractivity contribution in [1.82, 2.24) is 19.9 Å². The van der Waals surface area contributed by atoms with Crippen LogP contribution in [0.25, 0.3) is 11.3 Å². The Labute approximate surface area is 168 Å². The molecule has 0 amide bonds. The van der Waals surface area contributed by atoms with Gasteiger partial charge in [-0.25, -0.2) is 13.1 Å². The second-order valence-corrected chi connectivity index (χ2v) is 8.89. The lowest BCUT2D eigenvalue weighted by Crippen LogP contribution is -2.47. The molecule has 146 valence electrons. The number of rotatable bonds is 5. The minimum Gasteiger partial charge on any atom is -0.354 e. The van der Waals surface area contributed by atoms with E-state index >= 15 is 0 Å². The summed E-state index contributed by atoms with van der Waals surface area (Å²) in [6, 6.07) is 11.8. The summed E-state index contributed by atoms with van der Waals surface area (Å²) in [6.07, 6.45) is 5.13. The van der Waals surface area contributed by atoms with E-state index in [2.05, 4.69) is 24.8 Å². The van der Waals surface area contributed by atoms with Crippen molar-refractivity contribution in [2.24, 2.45) is 0 Å². The highest BCUT2D eigenvalue weighted by Gasteiger charge is 2.26. The van der Waals surface area contributed by atoms with Crippen LogP contribution in [0, 0.1) is 0 Å². The molecule has 28 heavy (non-hydrogen) atoms. The van der Waals surface area contributed by atoms with Gasteiger partial charge < -0.3 is 4.90 Å². The lowest BCUT2D eigenvalue weighted by Gasteiger charge is -2.33. The van der Waals surface area contributed by atoms with Crippen LogP contribution in [0.5, 0.6) is 0 Å². The van der Waals surface area contributed by atoms with Gasteiger partial charge in [-0.2, -0.15) is 5.10 Å². The van der Waals surface area contributed by atoms with Crippen LogP contribution in [0.15, 0.2) is 59.8 Å². The minimum absolute atomic E-state index is 0.185. The number of hydrogen-bond acceptors (Lipinski definition) is 5. The number of hydrogen-bond donors (Lipinski definition) is 2. The molecule has 3 heterocycles. The fourth-order valence-corrected chi connectivity index (χ4v) is 4.72. The zero-order valence-electron chi connectivity index (χ0n) is 15.0. The van der Waals surface area contributed by atoms with Gasteiger partial charge in [-0.15, -0.1) is 0 Å². The predicted molar refractivity (Wildman–Crippen MR) is 109 cm³/mol. The number of nitrogens with zero attached hydrogens (tertiary/aromatic N) is 3. The molecule has 0 radical (unpaired) electrons. The van der Waals surface area contributed by atoms with Crippen LogP contribution in [0.4, 0.5) is 5.82 Å². The molecule has 0 aliphatic carbocycles. The van der Waals surface area contributed by atoms with E-state index in [1.54, 1.807) is 24.5 Å². The molecule has 0 unspecified atom stereocenters. The zero-order chi connectivity index (χ0) is 19.6. The monoisotopic (exact) mass is 417 g/mol. The van der Waals surface area contributed by atoms with Crippen molar-refractivity contribution in [2.45, 2.75) is 23.8 Å². The molecule has 1 saturated heterocycles. The molecule has 3 aromatic rings. The van der Waals surface area contributed by atoms with Crippen LogP contribution in [0.2, 0.25) is 5.02 Å². The van der Waals surface area contributed by atoms with Crippen LogP contribution in [-0.4, -0.2) is 42.7 Å². The van der Waals surface area contributed by atoms with Gasteiger partial charge in [0.15, 0.2) is 5.82 Å². The number of aromatic nitrogens is 3. The van der Waals surface area contributed by atoms with Gasteiger partial charge >= 0.3 is 0 Å². The van der Waals surface area contributed by atoms with Gasteiger partial charge in [0.1, 0.15) is 0 Å². The van der Waals surface area contributed by atoms with Gasteiger partial charge in [0.05, 0.1) is 10.6 Å². The smallest absolute Gasteiger partial charge is 0.240 e. The molecule has 2 aromatic heterocycles. The molecule has 2 N–H and O–H groups in total. The lowest BCUT2D eigenvalue weighted by molar-refractivity contribution is 0.464. The van der Waals surface area contributed by atoms with Gasteiger partial charge in [0.25, 0.3) is 0 Å². The van der Waals surface area contributed by atoms with E-state index in [0.29, 0.717) is 11.6 Å². The van der Waals surface area contributed by atoms with E-state index in [1.165, 1.54) is 12.1 Å². The summed E-state index contributed by atoms with van der Waals surface area (Å²) in [5, 5.41) is 7.95. The summed E-state index contributed by atoms with van der Waals surface area (Å²) in [6.45, 7) is 1.40. The van der Waals surface area contributed by atoms with Crippen molar-refractivity contribution in [3.05, 3.63) is 59.9 Å². The highest BCUT2D eigenvalue weighted by Crippen LogP contribution is 2.24. The average molecular weight is 418 g/mol. The first-order valence-electron chi connectivity index (χ1n) is 9.00. The molecule has 1 aliphatic heterocycles. The van der Waals surface area contributed by atoms with Crippen molar-refractivity contribution in [1.29, 1.82) is 0 Å². The molecule has 9 heteroatoms. The Morgan fingerprint density at radius 3 is 2.64 bits per heavy atom. The highest BCUT2D eigenvalue weighted by molar-refractivity contribution is 7.89. The van der Waals surface area contributed by atoms with Gasteiger partial charge in [-0.05, 0) is 49.2 Å². The maximum Gasteiger partial charge on any atom is 0.240 e. The Morgan fingerprint density at radius 1 is 1.14 bits per heavy atom. The molecule has 4 rings (SSSR count). The third-order valence-corrected chi connectivity index (χ3v) is 6.54. The fraction of sp³-hybridized carbons (Fsp3) is 0.263. The summed E-state index contributed by atoms with van der Waals surface area (Å²) in [5.74, 6) is 0.808. The Morgan fingerprint density at radius 2 is 1.89 bits per heavy atom. The summed E-state index contributed by atoms with van der Waals surface area (Å²) in [7, 11) is -3.59. The Hall–Kier alpha value is -2.42. The molecule has 7 nitrogen and oxygen atoms in total. The SMILES string of the molecule is O=S(=O)(N[C@@H]1CCCN(c2cc(-c3ccncc3)[nH]n2)C1)c1ccc(Cl)cc1. The van der Waals surface area contributed by atoms with Crippen molar-refractivity contribution in [3.63, 3.8) is 0 Å². The van der Waals surface area contributed by atoms with Crippen molar-refractivity contribution in [3.8, 4) is 11.3 Å². The molecule has 1 aromatic carbocycles. The molecule has 1 aliphatic rings. The van der Waals surface area contributed by atoms with Crippen LogP contribution in [0.3, 0.4) is 0 Å². The predicted octanol–water partition coefficient (Wildman–Crippen LogP) is 3.07. The fourth-order valence-electron chi connectivity index (χ4n) is 3.34. The number of nitrogens with one attached hydrogen (secondary N) is 2. The summed E-state index contributed by atoms with van der Waals surface area (Å²) in [5.41, 5.74) is 1.91. The summed E-state index contributed by atoms with van der Waals surface area (Å²) < 4.78 is 28.1. The van der Waals surface area contributed by atoms with E-state index in [-0.39, 0.29) is 10.9 Å². The molecule has 0 bridgehead atoms. The summed E-state index contributed by atoms with van der Waals surface area (Å²) >= 11 is 5.85. The topological polar surface area (TPSA) is 91.0 Å². The molecule has 1 fully saturated rings. The van der Waals surface area contributed by atoms with Crippen molar-refractivity contribution in [2.75, 3.05) is 18.0 Å². The second-order valence-electron chi connectivity index (χ2n) is 6.74. The highest BCUT2D eigenvalue weighted by atomic mass is 35.5. The van der Waals surface area contributed by atoms with Crippen LogP contribution >= 0.6 is 11.6 Å². The standard InChI is InChI=1S/C19H20ClN5O2S/c20-15-3-5-17(6-4-15)28(26,27)24-16-2-1-11-25(13-16)19-12-18(22-23-19)14-7-9-21-10-8-14/h3-10,12,16,24H,1-2,11,13H2,(H,22,23)/t16-/m1/s1. The average Bonchev–Trinajstić information content (AvgIpc) is 3.19. The van der Waals surface area contributed by atoms with Gasteiger partial charge in [0, 0.05) is 48.2 Å². The molecular weight excluding hydrogens is 398 g/mol.